The predicted octanol–water partition coefficient (Wildman–Crippen LogP) is 2.87. The van der Waals surface area contributed by atoms with Crippen LogP contribution in [0.1, 0.15) is 6.92 Å². The third kappa shape index (κ3) is 3.67. The third-order valence-electron chi connectivity index (χ3n) is 1.72. The fraction of sp³-hybridized carbons (Fsp3) is 0.182. The summed E-state index contributed by atoms with van der Waals surface area (Å²) in [6.45, 7) is 1.76. The van der Waals surface area contributed by atoms with Crippen LogP contribution in [-0.4, -0.2) is 17.7 Å². The van der Waals surface area contributed by atoms with Crippen LogP contribution in [0.25, 0.3) is 0 Å². The van der Waals surface area contributed by atoms with Crippen LogP contribution >= 0.6 is 0 Å². The lowest BCUT2D eigenvalue weighted by Crippen LogP contribution is -2.05. The molecular formula is C11H11FN2O3. The van der Waals surface area contributed by atoms with Gasteiger partial charge in [-0.05, 0) is 19.1 Å². The lowest BCUT2D eigenvalue weighted by Gasteiger charge is -1.99. The molecular weight excluding hydrogens is 227 g/mol. The first-order chi connectivity index (χ1) is 8.19. The van der Waals surface area contributed by atoms with Gasteiger partial charge in [0.2, 0.25) is 5.70 Å². The first-order valence-electron chi connectivity index (χ1n) is 4.86. The normalized spacial score (nSPS) is 11.8. The number of carbonyl (C=O) groups is 1. The molecule has 0 fully saturated rings. The predicted molar refractivity (Wildman–Crippen MR) is 58.3 cm³/mol. The molecule has 0 aliphatic heterocycles. The highest BCUT2D eigenvalue weighted by Crippen LogP contribution is 2.17. The summed E-state index contributed by atoms with van der Waals surface area (Å²) < 4.78 is 17.7. The Morgan fingerprint density at radius 2 is 2.24 bits per heavy atom. The number of nitrogens with zero attached hydrogens (tertiary/aromatic N) is 2. The van der Waals surface area contributed by atoms with Gasteiger partial charge in [0.15, 0.2) is 5.82 Å². The van der Waals surface area contributed by atoms with Gasteiger partial charge in [0.05, 0.1) is 6.61 Å². The zero-order chi connectivity index (χ0) is 12.7. The standard InChI is InChI=1S/C11H11FN2O3/c1-2-17-11(16)10(7-15)14-13-9-6-4-3-5-8(9)12/h3-7,15H,2H2,1H3. The van der Waals surface area contributed by atoms with Crippen LogP contribution in [0.3, 0.4) is 0 Å². The molecule has 0 bridgehead atoms. The Bertz CT molecular complexity index is 458. The molecule has 0 radical (unpaired) electrons. The van der Waals surface area contributed by atoms with E-state index < -0.39 is 17.5 Å². The highest BCUT2D eigenvalue weighted by molar-refractivity contribution is 5.87. The summed E-state index contributed by atoms with van der Waals surface area (Å²) in [5, 5.41) is 15.7. The zero-order valence-electron chi connectivity index (χ0n) is 9.13. The molecule has 6 heteroatoms. The molecule has 0 unspecified atom stereocenters. The van der Waals surface area contributed by atoms with Crippen LogP contribution in [0.2, 0.25) is 0 Å². The van der Waals surface area contributed by atoms with E-state index in [0.29, 0.717) is 6.26 Å². The number of benzene rings is 1. The Hall–Kier alpha value is -2.24. The molecule has 0 spiro atoms. The summed E-state index contributed by atoms with van der Waals surface area (Å²) >= 11 is 0. The van der Waals surface area contributed by atoms with Crippen molar-refractivity contribution in [1.29, 1.82) is 0 Å². The van der Waals surface area contributed by atoms with Crippen LogP contribution in [-0.2, 0) is 9.53 Å². The van der Waals surface area contributed by atoms with E-state index in [1.165, 1.54) is 18.2 Å². The number of aliphatic hydroxyl groups excluding tert-OH is 1. The van der Waals surface area contributed by atoms with Gasteiger partial charge in [0.25, 0.3) is 0 Å². The highest BCUT2D eigenvalue weighted by atomic mass is 19.1. The summed E-state index contributed by atoms with van der Waals surface area (Å²) in [6.07, 6.45) is 0.461. The number of halogens is 1. The van der Waals surface area contributed by atoms with E-state index in [-0.39, 0.29) is 12.3 Å². The fourth-order valence-electron chi connectivity index (χ4n) is 0.965. The molecule has 90 valence electrons. The van der Waals surface area contributed by atoms with E-state index in [0.717, 1.165) is 0 Å². The Balaban J connectivity index is 2.83. The summed E-state index contributed by atoms with van der Waals surface area (Å²) in [4.78, 5) is 11.2. The van der Waals surface area contributed by atoms with Crippen molar-refractivity contribution in [3.8, 4) is 0 Å². The van der Waals surface area contributed by atoms with E-state index in [1.807, 2.05) is 0 Å². The highest BCUT2D eigenvalue weighted by Gasteiger charge is 2.10. The molecule has 1 rings (SSSR count). The van der Waals surface area contributed by atoms with Crippen molar-refractivity contribution in [1.82, 2.24) is 0 Å². The van der Waals surface area contributed by atoms with Gasteiger partial charge in [0, 0.05) is 0 Å². The van der Waals surface area contributed by atoms with Gasteiger partial charge in [-0.15, -0.1) is 10.2 Å². The third-order valence-corrected chi connectivity index (χ3v) is 1.72. The Morgan fingerprint density at radius 1 is 1.53 bits per heavy atom. The Morgan fingerprint density at radius 3 is 2.82 bits per heavy atom. The van der Waals surface area contributed by atoms with E-state index in [1.54, 1.807) is 13.0 Å². The van der Waals surface area contributed by atoms with Crippen LogP contribution in [0.4, 0.5) is 10.1 Å². The smallest absolute Gasteiger partial charge is 0.362 e. The van der Waals surface area contributed by atoms with E-state index in [4.69, 9.17) is 5.11 Å². The minimum absolute atomic E-state index is 0.0313. The van der Waals surface area contributed by atoms with Gasteiger partial charge in [-0.3, -0.25) is 0 Å². The van der Waals surface area contributed by atoms with Gasteiger partial charge in [0.1, 0.15) is 11.9 Å². The molecule has 1 aromatic rings. The van der Waals surface area contributed by atoms with E-state index in [2.05, 4.69) is 15.0 Å². The largest absolute Gasteiger partial charge is 0.513 e. The second-order valence-electron chi connectivity index (χ2n) is 2.89. The summed E-state index contributed by atoms with van der Waals surface area (Å²) in [7, 11) is 0. The molecule has 0 saturated heterocycles. The molecule has 0 aliphatic carbocycles. The molecule has 0 aromatic heterocycles. The number of esters is 1. The van der Waals surface area contributed by atoms with E-state index >= 15 is 0 Å². The summed E-state index contributed by atoms with van der Waals surface area (Å²) in [5.41, 5.74) is -0.425. The second kappa shape index (κ2) is 6.37. The van der Waals surface area contributed by atoms with Crippen molar-refractivity contribution in [3.05, 3.63) is 42.0 Å². The van der Waals surface area contributed by atoms with Crippen LogP contribution in [0, 0.1) is 5.82 Å². The number of azo groups is 1. The molecule has 0 amide bonds. The number of hydrogen-bond donors (Lipinski definition) is 1. The SMILES string of the molecule is CCOC(=O)C(=CO)N=Nc1ccccc1F. The van der Waals surface area contributed by atoms with Crippen LogP contribution in [0.15, 0.2) is 46.5 Å². The van der Waals surface area contributed by atoms with Crippen molar-refractivity contribution in [3.63, 3.8) is 0 Å². The maximum Gasteiger partial charge on any atom is 0.362 e. The number of rotatable bonds is 4. The van der Waals surface area contributed by atoms with Gasteiger partial charge < -0.3 is 9.84 Å². The first kappa shape index (κ1) is 12.8. The zero-order valence-corrected chi connectivity index (χ0v) is 9.13. The minimum atomic E-state index is -0.824. The van der Waals surface area contributed by atoms with Crippen molar-refractivity contribution >= 4 is 11.7 Å². The van der Waals surface area contributed by atoms with Gasteiger partial charge in [-0.1, -0.05) is 12.1 Å². The lowest BCUT2D eigenvalue weighted by molar-refractivity contribution is -0.138. The molecule has 1 aromatic carbocycles. The Labute approximate surface area is 97.2 Å². The monoisotopic (exact) mass is 238 g/mol. The molecule has 0 saturated carbocycles. The van der Waals surface area contributed by atoms with Gasteiger partial charge >= 0.3 is 5.97 Å². The molecule has 5 nitrogen and oxygen atoms in total. The molecule has 0 heterocycles. The van der Waals surface area contributed by atoms with Crippen LogP contribution < -0.4 is 0 Å². The number of aliphatic hydroxyl groups is 1. The van der Waals surface area contributed by atoms with Crippen molar-refractivity contribution in [2.24, 2.45) is 10.2 Å². The van der Waals surface area contributed by atoms with Crippen molar-refractivity contribution in [2.45, 2.75) is 6.92 Å². The topological polar surface area (TPSA) is 71.2 Å². The Kier molecular flexibility index (Phi) is 4.80. The number of ether oxygens (including phenoxy) is 1. The van der Waals surface area contributed by atoms with Crippen LogP contribution in [0.5, 0.6) is 0 Å². The average Bonchev–Trinajstić information content (AvgIpc) is 2.32. The minimum Gasteiger partial charge on any atom is -0.513 e. The van der Waals surface area contributed by atoms with Crippen molar-refractivity contribution < 1.29 is 19.0 Å². The fourth-order valence-corrected chi connectivity index (χ4v) is 0.965. The maximum absolute atomic E-state index is 13.1. The van der Waals surface area contributed by atoms with E-state index in [9.17, 15) is 9.18 Å². The van der Waals surface area contributed by atoms with Gasteiger partial charge in [-0.25, -0.2) is 9.18 Å². The molecule has 1 N–H and O–H groups in total. The maximum atomic E-state index is 13.1. The van der Waals surface area contributed by atoms with Crippen molar-refractivity contribution in [2.75, 3.05) is 6.61 Å². The second-order valence-corrected chi connectivity index (χ2v) is 2.89. The number of hydrogen-bond acceptors (Lipinski definition) is 5. The molecule has 0 atom stereocenters. The summed E-state index contributed by atoms with van der Waals surface area (Å²) in [5.74, 6) is -1.40. The quantitative estimate of drug-likeness (QED) is 0.379. The number of carbonyl (C=O) groups excluding carboxylic acids is 1. The van der Waals surface area contributed by atoms with Gasteiger partial charge in [-0.2, -0.15) is 0 Å². The average molecular weight is 238 g/mol. The molecule has 17 heavy (non-hydrogen) atoms. The lowest BCUT2D eigenvalue weighted by atomic mass is 10.3. The first-order valence-corrected chi connectivity index (χ1v) is 4.86. The summed E-state index contributed by atoms with van der Waals surface area (Å²) in [6, 6.07) is 5.67. The molecule has 0 aliphatic rings.